The van der Waals surface area contributed by atoms with Crippen molar-refractivity contribution in [2.75, 3.05) is 11.5 Å². The Morgan fingerprint density at radius 1 is 1.24 bits per heavy atom. The number of allylic oxidation sites excluding steroid dienone is 1. The number of nitrogens with zero attached hydrogens (tertiary/aromatic N) is 3. The van der Waals surface area contributed by atoms with Gasteiger partial charge in [-0.3, -0.25) is 4.79 Å². The van der Waals surface area contributed by atoms with Gasteiger partial charge in [0.05, 0.1) is 38.5 Å². The molecule has 0 saturated heterocycles. The van der Waals surface area contributed by atoms with Crippen molar-refractivity contribution in [2.45, 2.75) is 46.0 Å². The fraction of sp³-hybridized carbons (Fsp3) is 0.370. The quantitative estimate of drug-likeness (QED) is 0.495. The van der Waals surface area contributed by atoms with Gasteiger partial charge < -0.3 is 15.6 Å². The van der Waals surface area contributed by atoms with E-state index in [1.807, 2.05) is 12.3 Å². The number of hydrogen-bond donors (Lipinski definition) is 2. The van der Waals surface area contributed by atoms with Crippen LogP contribution in [-0.2, 0) is 21.2 Å². The van der Waals surface area contributed by atoms with Crippen LogP contribution in [0.1, 0.15) is 44.0 Å². The average Bonchev–Trinajstić information content (AvgIpc) is 3.45. The monoisotopic (exact) mass is 537 g/mol. The third kappa shape index (κ3) is 5.17. The molecule has 0 fully saturated rings. The van der Waals surface area contributed by atoms with Crippen molar-refractivity contribution in [1.29, 1.82) is 0 Å². The van der Waals surface area contributed by atoms with Gasteiger partial charge in [0.15, 0.2) is 9.84 Å². The van der Waals surface area contributed by atoms with E-state index < -0.39 is 15.7 Å². The zero-order valence-corrected chi connectivity index (χ0v) is 23.0. The zero-order valence-electron chi connectivity index (χ0n) is 21.4. The number of nitrogens with two attached hydrogens (primary N) is 1. The SMILES string of the molecule is Cc1cc(-c2ncnc3cc(C4=CCS(=O)(=O)CC4)[nH]c23)ccc1CN1C=C(C(N)=O)SC1C(C)(C)C. The number of rotatable bonds is 5. The maximum absolute atomic E-state index is 11.8. The maximum atomic E-state index is 11.8. The van der Waals surface area contributed by atoms with Gasteiger partial charge in [0.25, 0.3) is 5.91 Å². The van der Waals surface area contributed by atoms with Crippen LogP contribution in [0.2, 0.25) is 0 Å². The van der Waals surface area contributed by atoms with E-state index >= 15 is 0 Å². The van der Waals surface area contributed by atoms with E-state index in [1.165, 1.54) is 11.8 Å². The molecule has 3 N–H and O–H groups in total. The van der Waals surface area contributed by atoms with Crippen LogP contribution >= 0.6 is 11.8 Å². The topological polar surface area (TPSA) is 122 Å². The Bertz CT molecular complexity index is 1560. The van der Waals surface area contributed by atoms with Crippen LogP contribution in [0.25, 0.3) is 27.9 Å². The molecule has 2 aliphatic rings. The number of carbonyl (C=O) groups is 1. The molecule has 1 amide bonds. The summed E-state index contributed by atoms with van der Waals surface area (Å²) < 4.78 is 23.6. The number of amides is 1. The molecule has 10 heteroatoms. The van der Waals surface area contributed by atoms with Crippen molar-refractivity contribution in [3.05, 3.63) is 64.6 Å². The average molecular weight is 538 g/mol. The summed E-state index contributed by atoms with van der Waals surface area (Å²) >= 11 is 1.53. The van der Waals surface area contributed by atoms with E-state index in [1.54, 1.807) is 12.4 Å². The number of benzene rings is 1. The Morgan fingerprint density at radius 2 is 2.03 bits per heavy atom. The largest absolute Gasteiger partial charge is 0.365 e. The molecule has 0 aliphatic carbocycles. The van der Waals surface area contributed by atoms with Gasteiger partial charge in [-0.05, 0) is 47.6 Å². The summed E-state index contributed by atoms with van der Waals surface area (Å²) in [5.74, 6) is -0.161. The number of carbonyl (C=O) groups excluding carboxylic acids is 1. The summed E-state index contributed by atoms with van der Waals surface area (Å²) in [6.07, 6.45) is 5.72. The van der Waals surface area contributed by atoms with E-state index in [9.17, 15) is 13.2 Å². The molecule has 194 valence electrons. The van der Waals surface area contributed by atoms with Gasteiger partial charge in [-0.15, -0.1) is 0 Å². The van der Waals surface area contributed by atoms with Gasteiger partial charge in [0.1, 0.15) is 6.33 Å². The van der Waals surface area contributed by atoms with Crippen LogP contribution in [0, 0.1) is 12.3 Å². The predicted molar refractivity (Wildman–Crippen MR) is 149 cm³/mol. The highest BCUT2D eigenvalue weighted by Crippen LogP contribution is 2.43. The molecule has 0 spiro atoms. The van der Waals surface area contributed by atoms with Crippen molar-refractivity contribution < 1.29 is 13.2 Å². The molecule has 8 nitrogen and oxygen atoms in total. The number of aromatic nitrogens is 3. The van der Waals surface area contributed by atoms with Crippen LogP contribution in [0.5, 0.6) is 0 Å². The first-order valence-corrected chi connectivity index (χ1v) is 14.9. The van der Waals surface area contributed by atoms with Crippen LogP contribution in [-0.4, -0.2) is 51.1 Å². The molecule has 0 bridgehead atoms. The Morgan fingerprint density at radius 3 is 2.68 bits per heavy atom. The first-order valence-electron chi connectivity index (χ1n) is 12.2. The zero-order chi connectivity index (χ0) is 26.5. The number of fused-ring (bicyclic) bond motifs is 1. The predicted octanol–water partition coefficient (Wildman–Crippen LogP) is 4.38. The van der Waals surface area contributed by atoms with E-state index in [2.05, 4.69) is 65.7 Å². The van der Waals surface area contributed by atoms with Crippen LogP contribution in [0.3, 0.4) is 0 Å². The molecule has 0 saturated carbocycles. The molecule has 0 radical (unpaired) electrons. The summed E-state index contributed by atoms with van der Waals surface area (Å²) in [5, 5.41) is 0.108. The smallest absolute Gasteiger partial charge is 0.256 e. The van der Waals surface area contributed by atoms with Gasteiger partial charge in [-0.25, -0.2) is 18.4 Å². The number of thioether (sulfide) groups is 1. The van der Waals surface area contributed by atoms with Crippen LogP contribution < -0.4 is 5.73 Å². The summed E-state index contributed by atoms with van der Waals surface area (Å²) in [5.41, 5.74) is 13.1. The van der Waals surface area contributed by atoms with E-state index in [0.717, 1.165) is 44.7 Å². The van der Waals surface area contributed by atoms with Gasteiger partial charge >= 0.3 is 0 Å². The number of aromatic amines is 1. The highest BCUT2D eigenvalue weighted by atomic mass is 32.2. The molecule has 37 heavy (non-hydrogen) atoms. The van der Waals surface area contributed by atoms with Gasteiger partial charge in [-0.1, -0.05) is 50.7 Å². The van der Waals surface area contributed by atoms with E-state index in [-0.39, 0.29) is 22.3 Å². The minimum Gasteiger partial charge on any atom is -0.365 e. The Labute approximate surface area is 221 Å². The number of hydrogen-bond acceptors (Lipinski definition) is 7. The van der Waals surface area contributed by atoms with Gasteiger partial charge in [0.2, 0.25) is 0 Å². The lowest BCUT2D eigenvalue weighted by Gasteiger charge is -2.35. The molecule has 2 aliphatic heterocycles. The number of nitrogens with one attached hydrogen (secondary N) is 1. The molecule has 1 unspecified atom stereocenters. The molecule has 5 rings (SSSR count). The maximum Gasteiger partial charge on any atom is 0.256 e. The molecular weight excluding hydrogens is 506 g/mol. The normalized spacial score (nSPS) is 19.7. The Balaban J connectivity index is 1.45. The second kappa shape index (κ2) is 9.33. The molecule has 1 atom stereocenters. The molecule has 4 heterocycles. The second-order valence-corrected chi connectivity index (χ2v) is 14.1. The molecule has 2 aromatic heterocycles. The van der Waals surface area contributed by atoms with Crippen LogP contribution in [0.15, 0.2) is 47.8 Å². The Kier molecular flexibility index (Phi) is 6.44. The highest BCUT2D eigenvalue weighted by Gasteiger charge is 2.36. The summed E-state index contributed by atoms with van der Waals surface area (Å²) in [4.78, 5) is 27.1. The minimum absolute atomic E-state index is 0.0396. The van der Waals surface area contributed by atoms with Crippen molar-refractivity contribution in [3.8, 4) is 11.3 Å². The van der Waals surface area contributed by atoms with Gasteiger partial charge in [0, 0.05) is 24.0 Å². The van der Waals surface area contributed by atoms with Gasteiger partial charge in [-0.2, -0.15) is 0 Å². The lowest BCUT2D eigenvalue weighted by molar-refractivity contribution is -0.113. The lowest BCUT2D eigenvalue weighted by atomic mass is 9.95. The summed E-state index contributed by atoms with van der Waals surface area (Å²) in [6, 6.07) is 8.26. The fourth-order valence-electron chi connectivity index (χ4n) is 4.83. The van der Waals surface area contributed by atoms with Crippen molar-refractivity contribution >= 4 is 44.1 Å². The molecular formula is C27H31N5O3S2. The number of primary amides is 1. The number of H-pyrrole nitrogens is 1. The fourth-order valence-corrected chi connectivity index (χ4v) is 7.16. The third-order valence-corrected chi connectivity index (χ3v) is 10.1. The van der Waals surface area contributed by atoms with E-state index in [0.29, 0.717) is 17.9 Å². The highest BCUT2D eigenvalue weighted by molar-refractivity contribution is 8.04. The number of aryl methyl sites for hydroxylation is 1. The van der Waals surface area contributed by atoms with Crippen molar-refractivity contribution in [3.63, 3.8) is 0 Å². The molecule has 3 aromatic rings. The van der Waals surface area contributed by atoms with E-state index in [4.69, 9.17) is 5.73 Å². The third-order valence-electron chi connectivity index (χ3n) is 6.80. The standard InChI is InChI=1S/C27H31N5O3S2/c1-16-11-18(5-6-19(16)13-32-14-22(25(28)33)36-26(32)27(2,3)4)23-24-21(29-15-30-23)12-20(31-24)17-7-9-37(34,35)10-8-17/h5-7,11-12,14-15,26,31H,8-10,13H2,1-4H3,(H2,28,33). The first-order chi connectivity index (χ1) is 17.4. The first kappa shape index (κ1) is 25.5. The summed E-state index contributed by atoms with van der Waals surface area (Å²) in [6.45, 7) is 9.25. The van der Waals surface area contributed by atoms with Crippen LogP contribution in [0.4, 0.5) is 0 Å². The molecule has 1 aromatic carbocycles. The minimum atomic E-state index is -2.99. The van der Waals surface area contributed by atoms with Crippen molar-refractivity contribution in [1.82, 2.24) is 19.9 Å². The number of sulfone groups is 1. The Hall–Kier alpha value is -3.11. The van der Waals surface area contributed by atoms with Crippen molar-refractivity contribution in [2.24, 2.45) is 11.1 Å². The second-order valence-electron chi connectivity index (χ2n) is 10.8. The summed E-state index contributed by atoms with van der Waals surface area (Å²) in [7, 11) is -2.99. The lowest BCUT2D eigenvalue weighted by Crippen LogP contribution is -2.35.